The lowest BCUT2D eigenvalue weighted by Crippen LogP contribution is -2.60. The van der Waals surface area contributed by atoms with Crippen molar-refractivity contribution in [2.24, 2.45) is 0 Å². The fourth-order valence-electron chi connectivity index (χ4n) is 3.91. The molecule has 28 heavy (non-hydrogen) atoms. The fourth-order valence-corrected chi connectivity index (χ4v) is 3.91. The number of nitrogens with one attached hydrogen (secondary N) is 2. The summed E-state index contributed by atoms with van der Waals surface area (Å²) < 4.78 is 14.5. The second-order valence-corrected chi connectivity index (χ2v) is 8.34. The number of aromatic amines is 1. The highest BCUT2D eigenvalue weighted by Gasteiger charge is 2.33. The van der Waals surface area contributed by atoms with Crippen LogP contribution in [0.3, 0.4) is 0 Å². The van der Waals surface area contributed by atoms with E-state index < -0.39 is 5.82 Å². The van der Waals surface area contributed by atoms with E-state index in [1.54, 1.807) is 6.07 Å². The van der Waals surface area contributed by atoms with Crippen molar-refractivity contribution < 1.29 is 9.50 Å². The third-order valence-corrected chi connectivity index (χ3v) is 5.62. The number of fused-ring (bicyclic) bond motifs is 1. The molecule has 0 saturated carbocycles. The molecule has 1 aromatic carbocycles. The van der Waals surface area contributed by atoms with Crippen LogP contribution in [0.1, 0.15) is 32.0 Å². The number of H-pyrrole nitrogens is 1. The van der Waals surface area contributed by atoms with Crippen LogP contribution in [0.25, 0.3) is 22.3 Å². The van der Waals surface area contributed by atoms with Gasteiger partial charge in [-0.25, -0.2) is 9.37 Å². The van der Waals surface area contributed by atoms with E-state index in [-0.39, 0.29) is 11.3 Å². The zero-order valence-electron chi connectivity index (χ0n) is 16.7. The second kappa shape index (κ2) is 6.83. The van der Waals surface area contributed by atoms with Crippen LogP contribution >= 0.6 is 0 Å². The number of phenolic OH excluding ortho intramolecular Hbond substituents is 1. The molecular weight excluding hydrogens is 357 g/mol. The molecule has 0 radical (unpaired) electrons. The molecule has 0 aliphatic carbocycles. The molecule has 3 N–H and O–H groups in total. The minimum absolute atomic E-state index is 0.00366. The summed E-state index contributed by atoms with van der Waals surface area (Å²) in [6, 6.07) is 6.50. The number of piperazine rings is 1. The second-order valence-electron chi connectivity index (χ2n) is 8.34. The Morgan fingerprint density at radius 3 is 2.86 bits per heavy atom. The summed E-state index contributed by atoms with van der Waals surface area (Å²) >= 11 is 0. The number of aromatic nitrogens is 3. The first kappa shape index (κ1) is 18.8. The highest BCUT2D eigenvalue weighted by atomic mass is 19.1. The quantitative estimate of drug-likeness (QED) is 0.647. The molecule has 7 heteroatoms. The van der Waals surface area contributed by atoms with E-state index in [1.165, 1.54) is 6.07 Å². The molecule has 3 heterocycles. The molecule has 3 aromatic rings. The Morgan fingerprint density at radius 1 is 1.32 bits per heavy atom. The summed E-state index contributed by atoms with van der Waals surface area (Å²) in [6.07, 6.45) is 0. The van der Waals surface area contributed by atoms with Crippen LogP contribution in [0.15, 0.2) is 24.3 Å². The van der Waals surface area contributed by atoms with Crippen molar-refractivity contribution in [2.75, 3.05) is 13.1 Å². The van der Waals surface area contributed by atoms with E-state index in [9.17, 15) is 9.50 Å². The molecule has 6 nitrogen and oxygen atoms in total. The van der Waals surface area contributed by atoms with Gasteiger partial charge in [0.2, 0.25) is 0 Å². The van der Waals surface area contributed by atoms with E-state index in [4.69, 9.17) is 0 Å². The van der Waals surface area contributed by atoms with Crippen molar-refractivity contribution in [3.05, 3.63) is 41.3 Å². The number of aryl methyl sites for hydroxylation is 1. The predicted octanol–water partition coefficient (Wildman–Crippen LogP) is 3.35. The van der Waals surface area contributed by atoms with Gasteiger partial charge >= 0.3 is 0 Å². The number of hydrogen-bond acceptors (Lipinski definition) is 5. The molecule has 2 aromatic heterocycles. The van der Waals surface area contributed by atoms with Crippen LogP contribution < -0.4 is 5.32 Å². The summed E-state index contributed by atoms with van der Waals surface area (Å²) in [5.41, 5.74) is 3.50. The molecule has 1 saturated heterocycles. The first-order valence-electron chi connectivity index (χ1n) is 9.56. The van der Waals surface area contributed by atoms with Crippen molar-refractivity contribution in [3.63, 3.8) is 0 Å². The van der Waals surface area contributed by atoms with Gasteiger partial charge in [0.1, 0.15) is 11.6 Å². The van der Waals surface area contributed by atoms with Crippen molar-refractivity contribution in [3.8, 4) is 17.0 Å². The molecule has 1 aliphatic rings. The number of phenols is 1. The smallest absolute Gasteiger partial charge is 0.156 e. The van der Waals surface area contributed by atoms with Crippen molar-refractivity contribution in [1.82, 2.24) is 25.4 Å². The zero-order valence-corrected chi connectivity index (χ0v) is 16.7. The van der Waals surface area contributed by atoms with Gasteiger partial charge in [0.15, 0.2) is 5.65 Å². The topological polar surface area (TPSA) is 77.1 Å². The van der Waals surface area contributed by atoms with Crippen molar-refractivity contribution >= 4 is 11.0 Å². The molecule has 0 spiro atoms. The van der Waals surface area contributed by atoms with Gasteiger partial charge in [-0.2, -0.15) is 5.10 Å². The van der Waals surface area contributed by atoms with Crippen LogP contribution in [0.5, 0.6) is 5.75 Å². The molecule has 1 aliphatic heterocycles. The SMILES string of the molecule is Cc1n[nH]c2nc(-c3ccc(O)cc3F)cc(CN3C[C@H](C)NCC3(C)C)c12. The molecular formula is C21H26FN5O. The van der Waals surface area contributed by atoms with E-state index in [2.05, 4.69) is 46.2 Å². The molecule has 1 atom stereocenters. The zero-order chi connectivity index (χ0) is 20.1. The van der Waals surface area contributed by atoms with Crippen molar-refractivity contribution in [1.29, 1.82) is 0 Å². The Balaban J connectivity index is 1.81. The van der Waals surface area contributed by atoms with E-state index in [1.807, 2.05) is 13.0 Å². The Morgan fingerprint density at radius 2 is 2.11 bits per heavy atom. The Kier molecular flexibility index (Phi) is 4.59. The van der Waals surface area contributed by atoms with Crippen LogP contribution in [0, 0.1) is 12.7 Å². The normalized spacial score (nSPS) is 20.0. The summed E-state index contributed by atoms with van der Waals surface area (Å²) in [7, 11) is 0. The molecule has 1 fully saturated rings. The first-order valence-corrected chi connectivity index (χ1v) is 9.56. The molecule has 0 unspecified atom stereocenters. The van der Waals surface area contributed by atoms with Gasteiger partial charge < -0.3 is 10.4 Å². The predicted molar refractivity (Wildman–Crippen MR) is 108 cm³/mol. The van der Waals surface area contributed by atoms with Gasteiger partial charge in [-0.3, -0.25) is 10.00 Å². The lowest BCUT2D eigenvalue weighted by atomic mass is 9.96. The number of halogens is 1. The maximum atomic E-state index is 14.5. The number of rotatable bonds is 3. The standard InChI is InChI=1S/C21H26FN5O/c1-12-9-27(21(3,4)11-23-12)10-14-7-18(16-6-5-15(28)8-17(16)22)24-20-19(14)13(2)25-26-20/h5-8,12,23,28H,9-11H2,1-4H3,(H,24,25,26)/t12-/m0/s1. The van der Waals surface area contributed by atoms with E-state index in [0.717, 1.165) is 42.3 Å². The summed E-state index contributed by atoms with van der Waals surface area (Å²) in [5.74, 6) is -0.596. The Bertz CT molecular complexity index is 1030. The Labute approximate surface area is 163 Å². The minimum atomic E-state index is -0.495. The van der Waals surface area contributed by atoms with Crippen LogP contribution in [0.2, 0.25) is 0 Å². The summed E-state index contributed by atoms with van der Waals surface area (Å²) in [5, 5.41) is 21.3. The minimum Gasteiger partial charge on any atom is -0.508 e. The highest BCUT2D eigenvalue weighted by molar-refractivity contribution is 5.84. The third-order valence-electron chi connectivity index (χ3n) is 5.62. The first-order chi connectivity index (χ1) is 13.2. The number of hydrogen-bond donors (Lipinski definition) is 3. The molecule has 148 valence electrons. The van der Waals surface area contributed by atoms with Crippen LogP contribution in [0.4, 0.5) is 4.39 Å². The number of benzene rings is 1. The van der Waals surface area contributed by atoms with Gasteiger partial charge in [0, 0.05) is 48.2 Å². The lowest BCUT2D eigenvalue weighted by molar-refractivity contribution is 0.0630. The maximum Gasteiger partial charge on any atom is 0.156 e. The monoisotopic (exact) mass is 383 g/mol. The number of pyridine rings is 1. The van der Waals surface area contributed by atoms with Gasteiger partial charge in [-0.15, -0.1) is 0 Å². The van der Waals surface area contributed by atoms with Gasteiger partial charge in [0.05, 0.1) is 11.4 Å². The maximum absolute atomic E-state index is 14.5. The number of nitrogens with zero attached hydrogens (tertiary/aromatic N) is 3. The average molecular weight is 383 g/mol. The fraction of sp³-hybridized carbons (Fsp3) is 0.429. The van der Waals surface area contributed by atoms with Gasteiger partial charge in [0.25, 0.3) is 0 Å². The summed E-state index contributed by atoms with van der Waals surface area (Å²) in [6.45, 7) is 11.2. The largest absolute Gasteiger partial charge is 0.508 e. The highest BCUT2D eigenvalue weighted by Crippen LogP contribution is 2.31. The van der Waals surface area contributed by atoms with Gasteiger partial charge in [-0.05, 0) is 51.5 Å². The van der Waals surface area contributed by atoms with Gasteiger partial charge in [-0.1, -0.05) is 0 Å². The molecule has 0 amide bonds. The third kappa shape index (κ3) is 3.36. The van der Waals surface area contributed by atoms with E-state index >= 15 is 0 Å². The Hall–Kier alpha value is -2.51. The number of aromatic hydroxyl groups is 1. The van der Waals surface area contributed by atoms with E-state index in [0.29, 0.717) is 22.9 Å². The van der Waals surface area contributed by atoms with Crippen LogP contribution in [-0.4, -0.2) is 49.9 Å². The molecule has 0 bridgehead atoms. The van der Waals surface area contributed by atoms with Crippen LogP contribution in [-0.2, 0) is 6.54 Å². The lowest BCUT2D eigenvalue weighted by Gasteiger charge is -2.45. The molecule has 4 rings (SSSR count). The average Bonchev–Trinajstić information content (AvgIpc) is 3.00. The van der Waals surface area contributed by atoms with Crippen molar-refractivity contribution in [2.45, 2.75) is 45.8 Å². The summed E-state index contributed by atoms with van der Waals surface area (Å²) in [4.78, 5) is 7.04.